The van der Waals surface area contributed by atoms with Gasteiger partial charge in [0.1, 0.15) is 5.78 Å². The van der Waals surface area contributed by atoms with Gasteiger partial charge in [-0.2, -0.15) is 0 Å². The average Bonchev–Trinajstić information content (AvgIpc) is 2.44. The Morgan fingerprint density at radius 2 is 2.23 bits per heavy atom. The van der Waals surface area contributed by atoms with E-state index in [1.54, 1.807) is 0 Å². The molecule has 1 heteroatoms. The molecule has 1 unspecified atom stereocenters. The molecule has 0 N–H and O–H groups in total. The first-order chi connectivity index (χ1) is 6.33. The van der Waals surface area contributed by atoms with Crippen molar-refractivity contribution in [3.8, 4) is 0 Å². The van der Waals surface area contributed by atoms with Crippen LogP contribution in [0.4, 0.5) is 0 Å². The minimum Gasteiger partial charge on any atom is -0.299 e. The van der Waals surface area contributed by atoms with Gasteiger partial charge in [-0.1, -0.05) is 30.3 Å². The predicted molar refractivity (Wildman–Crippen MR) is 52.7 cm³/mol. The summed E-state index contributed by atoms with van der Waals surface area (Å²) in [6.45, 7) is 3.68. The van der Waals surface area contributed by atoms with Crippen LogP contribution in [0.15, 0.2) is 36.9 Å². The van der Waals surface area contributed by atoms with E-state index in [1.807, 2.05) is 24.3 Å². The Kier molecular flexibility index (Phi) is 2.01. The van der Waals surface area contributed by atoms with Gasteiger partial charge >= 0.3 is 0 Å². The topological polar surface area (TPSA) is 17.1 Å². The molecule has 1 aliphatic carbocycles. The van der Waals surface area contributed by atoms with Gasteiger partial charge in [0.05, 0.1) is 0 Å². The second-order valence-corrected chi connectivity index (χ2v) is 3.42. The Morgan fingerprint density at radius 3 is 3.00 bits per heavy atom. The van der Waals surface area contributed by atoms with Gasteiger partial charge in [0.15, 0.2) is 0 Å². The van der Waals surface area contributed by atoms with Crippen molar-refractivity contribution in [1.29, 1.82) is 0 Å². The van der Waals surface area contributed by atoms with E-state index in [-0.39, 0.29) is 5.92 Å². The second-order valence-electron chi connectivity index (χ2n) is 3.42. The summed E-state index contributed by atoms with van der Waals surface area (Å²) in [4.78, 5) is 11.6. The normalized spacial score (nSPS) is 20.0. The number of carbonyl (C=O) groups is 1. The zero-order chi connectivity index (χ0) is 9.26. The number of hydrogen-bond donors (Lipinski definition) is 0. The first-order valence-corrected chi connectivity index (χ1v) is 4.54. The molecular formula is C12H12O. The SMILES string of the molecule is C=CCC1C(=O)Cc2ccccc21. The minimum atomic E-state index is 0.0775. The highest BCUT2D eigenvalue weighted by atomic mass is 16.1. The van der Waals surface area contributed by atoms with Gasteiger partial charge in [-0.15, -0.1) is 6.58 Å². The van der Waals surface area contributed by atoms with Crippen LogP contribution in [0.2, 0.25) is 0 Å². The molecule has 0 bridgehead atoms. The first kappa shape index (κ1) is 8.24. The second kappa shape index (κ2) is 3.17. The zero-order valence-corrected chi connectivity index (χ0v) is 7.49. The van der Waals surface area contributed by atoms with E-state index < -0.39 is 0 Å². The van der Waals surface area contributed by atoms with Crippen LogP contribution in [0.5, 0.6) is 0 Å². The van der Waals surface area contributed by atoms with Gasteiger partial charge in [-0.3, -0.25) is 4.79 Å². The molecule has 0 radical (unpaired) electrons. The Morgan fingerprint density at radius 1 is 1.46 bits per heavy atom. The number of allylic oxidation sites excluding steroid dienone is 1. The zero-order valence-electron chi connectivity index (χ0n) is 7.49. The summed E-state index contributed by atoms with van der Waals surface area (Å²) in [5, 5.41) is 0. The van der Waals surface area contributed by atoms with E-state index in [9.17, 15) is 4.79 Å². The average molecular weight is 172 g/mol. The molecule has 1 aromatic carbocycles. The van der Waals surface area contributed by atoms with Crippen LogP contribution in [0.3, 0.4) is 0 Å². The van der Waals surface area contributed by atoms with Crippen LogP contribution in [-0.4, -0.2) is 5.78 Å². The number of rotatable bonds is 2. The van der Waals surface area contributed by atoms with Crippen molar-refractivity contribution in [2.75, 3.05) is 0 Å². The molecule has 1 aromatic rings. The Balaban J connectivity index is 2.40. The molecule has 2 rings (SSSR count). The molecule has 66 valence electrons. The number of ketones is 1. The molecule has 13 heavy (non-hydrogen) atoms. The molecule has 1 nitrogen and oxygen atoms in total. The summed E-state index contributed by atoms with van der Waals surface area (Å²) in [6, 6.07) is 8.07. The van der Waals surface area contributed by atoms with Crippen molar-refractivity contribution in [3.63, 3.8) is 0 Å². The number of hydrogen-bond acceptors (Lipinski definition) is 1. The van der Waals surface area contributed by atoms with Gasteiger partial charge in [-0.25, -0.2) is 0 Å². The quantitative estimate of drug-likeness (QED) is 0.626. The van der Waals surface area contributed by atoms with E-state index in [1.165, 1.54) is 11.1 Å². The van der Waals surface area contributed by atoms with Crippen molar-refractivity contribution >= 4 is 5.78 Å². The highest BCUT2D eigenvalue weighted by Gasteiger charge is 2.28. The fraction of sp³-hybridized carbons (Fsp3) is 0.250. The standard InChI is InChI=1S/C12H12O/c1-2-5-11-10-7-4-3-6-9(10)8-12(11)13/h2-4,6-7,11H,1,5,8H2. The fourth-order valence-electron chi connectivity index (χ4n) is 1.94. The summed E-state index contributed by atoms with van der Waals surface area (Å²) in [6.07, 6.45) is 3.20. The monoisotopic (exact) mass is 172 g/mol. The van der Waals surface area contributed by atoms with Crippen molar-refractivity contribution in [2.24, 2.45) is 0 Å². The van der Waals surface area contributed by atoms with E-state index >= 15 is 0 Å². The third kappa shape index (κ3) is 1.31. The van der Waals surface area contributed by atoms with E-state index in [4.69, 9.17) is 0 Å². The van der Waals surface area contributed by atoms with Crippen LogP contribution >= 0.6 is 0 Å². The van der Waals surface area contributed by atoms with Crippen molar-refractivity contribution in [2.45, 2.75) is 18.8 Å². The third-order valence-corrected chi connectivity index (χ3v) is 2.59. The van der Waals surface area contributed by atoms with Crippen LogP contribution in [-0.2, 0) is 11.2 Å². The molecule has 0 heterocycles. The maximum absolute atomic E-state index is 11.6. The minimum absolute atomic E-state index is 0.0775. The van der Waals surface area contributed by atoms with Crippen molar-refractivity contribution < 1.29 is 4.79 Å². The predicted octanol–water partition coefficient (Wildman–Crippen LogP) is 2.47. The smallest absolute Gasteiger partial charge is 0.145 e. The molecule has 0 aromatic heterocycles. The lowest BCUT2D eigenvalue weighted by molar-refractivity contribution is -0.118. The van der Waals surface area contributed by atoms with E-state index in [0.29, 0.717) is 12.2 Å². The van der Waals surface area contributed by atoms with Crippen LogP contribution in [0, 0.1) is 0 Å². The molecule has 0 saturated carbocycles. The maximum atomic E-state index is 11.6. The molecular weight excluding hydrogens is 160 g/mol. The number of carbonyl (C=O) groups excluding carboxylic acids is 1. The van der Waals surface area contributed by atoms with E-state index in [0.717, 1.165) is 6.42 Å². The van der Waals surface area contributed by atoms with Gasteiger partial charge in [-0.05, 0) is 17.5 Å². The number of Topliss-reactive ketones (excluding diaryl/α,β-unsaturated/α-hetero) is 1. The van der Waals surface area contributed by atoms with Crippen molar-refractivity contribution in [3.05, 3.63) is 48.0 Å². The van der Waals surface area contributed by atoms with Gasteiger partial charge in [0.25, 0.3) is 0 Å². The van der Waals surface area contributed by atoms with E-state index in [2.05, 4.69) is 12.6 Å². The van der Waals surface area contributed by atoms with Crippen molar-refractivity contribution in [1.82, 2.24) is 0 Å². The number of fused-ring (bicyclic) bond motifs is 1. The summed E-state index contributed by atoms with van der Waals surface area (Å²) in [5.41, 5.74) is 2.40. The van der Waals surface area contributed by atoms with Crippen LogP contribution in [0.25, 0.3) is 0 Å². The van der Waals surface area contributed by atoms with Crippen LogP contribution < -0.4 is 0 Å². The summed E-state index contributed by atoms with van der Waals surface area (Å²) in [5.74, 6) is 0.412. The highest BCUT2D eigenvalue weighted by Crippen LogP contribution is 2.32. The Bertz CT molecular complexity index is 352. The van der Waals surface area contributed by atoms with Gasteiger partial charge in [0.2, 0.25) is 0 Å². The molecule has 0 aliphatic heterocycles. The molecule has 1 atom stereocenters. The molecule has 0 fully saturated rings. The maximum Gasteiger partial charge on any atom is 0.145 e. The lowest BCUT2D eigenvalue weighted by Gasteiger charge is -2.05. The highest BCUT2D eigenvalue weighted by molar-refractivity contribution is 5.92. The number of benzene rings is 1. The fourth-order valence-corrected chi connectivity index (χ4v) is 1.94. The summed E-state index contributed by atoms with van der Waals surface area (Å²) in [7, 11) is 0. The lowest BCUT2D eigenvalue weighted by atomic mass is 9.97. The lowest BCUT2D eigenvalue weighted by Crippen LogP contribution is -2.04. The largest absolute Gasteiger partial charge is 0.299 e. The summed E-state index contributed by atoms with van der Waals surface area (Å²) >= 11 is 0. The van der Waals surface area contributed by atoms with Gasteiger partial charge in [0, 0.05) is 12.3 Å². The molecule has 0 amide bonds. The first-order valence-electron chi connectivity index (χ1n) is 4.54. The molecule has 0 saturated heterocycles. The molecule has 1 aliphatic rings. The summed E-state index contributed by atoms with van der Waals surface area (Å²) < 4.78 is 0. The Labute approximate surface area is 78.1 Å². The Hall–Kier alpha value is -1.37. The van der Waals surface area contributed by atoms with Crippen LogP contribution in [0.1, 0.15) is 23.5 Å². The van der Waals surface area contributed by atoms with Gasteiger partial charge < -0.3 is 0 Å². The third-order valence-electron chi connectivity index (χ3n) is 2.59. The molecule has 0 spiro atoms.